The van der Waals surface area contributed by atoms with Gasteiger partial charge in [-0.3, -0.25) is 4.79 Å². The van der Waals surface area contributed by atoms with E-state index >= 15 is 0 Å². The highest BCUT2D eigenvalue weighted by Crippen LogP contribution is 2.44. The molecule has 0 spiro atoms. The molecule has 1 aliphatic rings. The molecule has 22 heavy (non-hydrogen) atoms. The molecule has 0 bridgehead atoms. The summed E-state index contributed by atoms with van der Waals surface area (Å²) in [6.45, 7) is 3.82. The van der Waals surface area contributed by atoms with Crippen molar-refractivity contribution in [3.63, 3.8) is 0 Å². The smallest absolute Gasteiger partial charge is 0.326 e. The number of rotatable bonds is 6. The Bertz CT molecular complexity index is 567. The van der Waals surface area contributed by atoms with Gasteiger partial charge in [0.2, 0.25) is 5.91 Å². The predicted octanol–water partition coefficient (Wildman–Crippen LogP) is 2.86. The van der Waals surface area contributed by atoms with Crippen molar-refractivity contribution in [1.82, 2.24) is 5.32 Å². The number of benzene rings is 1. The molecule has 1 amide bonds. The van der Waals surface area contributed by atoms with Crippen LogP contribution >= 0.6 is 0 Å². The highest BCUT2D eigenvalue weighted by Gasteiger charge is 2.46. The molecule has 4 nitrogen and oxygen atoms in total. The second-order valence-corrected chi connectivity index (χ2v) is 6.44. The minimum absolute atomic E-state index is 0.160. The maximum Gasteiger partial charge on any atom is 0.326 e. The number of hydrogen-bond donors (Lipinski definition) is 2. The zero-order chi connectivity index (χ0) is 16.3. The van der Waals surface area contributed by atoms with Crippen LogP contribution in [0.2, 0.25) is 0 Å². The largest absolute Gasteiger partial charge is 0.480 e. The molecule has 0 aliphatic heterocycles. The Morgan fingerprint density at radius 3 is 2.50 bits per heavy atom. The van der Waals surface area contributed by atoms with E-state index in [0.29, 0.717) is 24.8 Å². The van der Waals surface area contributed by atoms with E-state index in [0.717, 1.165) is 6.42 Å². The first kappa shape index (κ1) is 16.5. The minimum atomic E-state index is -1.03. The molecule has 1 atom stereocenters. The van der Waals surface area contributed by atoms with Crippen molar-refractivity contribution in [3.05, 3.63) is 35.6 Å². The minimum Gasteiger partial charge on any atom is -0.480 e. The molecule has 2 N–H and O–H groups in total. The van der Waals surface area contributed by atoms with Gasteiger partial charge in [-0.25, -0.2) is 9.18 Å². The number of nitrogens with one attached hydrogen (secondary N) is 1. The van der Waals surface area contributed by atoms with Gasteiger partial charge in [0.1, 0.15) is 11.9 Å². The molecule has 1 fully saturated rings. The van der Waals surface area contributed by atoms with E-state index in [9.17, 15) is 19.1 Å². The Morgan fingerprint density at radius 1 is 1.36 bits per heavy atom. The zero-order valence-electron chi connectivity index (χ0n) is 12.9. The third-order valence-electron chi connectivity index (χ3n) is 4.33. The first-order valence-corrected chi connectivity index (χ1v) is 7.65. The van der Waals surface area contributed by atoms with Crippen molar-refractivity contribution >= 4 is 11.9 Å². The Hall–Kier alpha value is -1.91. The fourth-order valence-corrected chi connectivity index (χ4v) is 2.95. The molecule has 0 unspecified atom stereocenters. The number of carbonyl (C=O) groups is 2. The van der Waals surface area contributed by atoms with Gasteiger partial charge in [-0.1, -0.05) is 32.4 Å². The van der Waals surface area contributed by atoms with Crippen molar-refractivity contribution in [2.45, 2.75) is 51.0 Å². The molecule has 5 heteroatoms. The van der Waals surface area contributed by atoms with Crippen LogP contribution in [-0.4, -0.2) is 23.0 Å². The Labute approximate surface area is 129 Å². The summed E-state index contributed by atoms with van der Waals surface area (Å²) in [7, 11) is 0. The van der Waals surface area contributed by atoms with Crippen LogP contribution in [0.4, 0.5) is 4.39 Å². The molecular formula is C17H22FNO3. The lowest BCUT2D eigenvalue weighted by molar-refractivity contribution is -0.144. The van der Waals surface area contributed by atoms with Crippen LogP contribution in [0.25, 0.3) is 0 Å². The molecule has 1 aromatic carbocycles. The van der Waals surface area contributed by atoms with Crippen molar-refractivity contribution < 1.29 is 19.1 Å². The van der Waals surface area contributed by atoms with Crippen LogP contribution in [0, 0.1) is 11.7 Å². The number of hydrogen-bond acceptors (Lipinski definition) is 2. The lowest BCUT2D eigenvalue weighted by atomic mass is 9.63. The van der Waals surface area contributed by atoms with Gasteiger partial charge in [0.15, 0.2) is 0 Å². The van der Waals surface area contributed by atoms with E-state index in [-0.39, 0.29) is 17.6 Å². The second kappa shape index (κ2) is 6.46. The van der Waals surface area contributed by atoms with E-state index in [2.05, 4.69) is 5.32 Å². The van der Waals surface area contributed by atoms with Gasteiger partial charge < -0.3 is 10.4 Å². The molecular weight excluding hydrogens is 285 g/mol. The van der Waals surface area contributed by atoms with Gasteiger partial charge in [0.05, 0.1) is 5.41 Å². The van der Waals surface area contributed by atoms with Crippen LogP contribution in [0.1, 0.15) is 45.1 Å². The van der Waals surface area contributed by atoms with E-state index in [1.165, 1.54) is 12.1 Å². The van der Waals surface area contributed by atoms with Crippen LogP contribution in [0.3, 0.4) is 0 Å². The number of carboxylic acids is 1. The average Bonchev–Trinajstić information content (AvgIpc) is 2.36. The number of carboxylic acid groups (broad SMARTS) is 1. The van der Waals surface area contributed by atoms with Gasteiger partial charge in [-0.15, -0.1) is 0 Å². The van der Waals surface area contributed by atoms with Crippen molar-refractivity contribution in [3.8, 4) is 0 Å². The van der Waals surface area contributed by atoms with E-state index in [4.69, 9.17) is 0 Å². The van der Waals surface area contributed by atoms with Crippen LogP contribution < -0.4 is 5.32 Å². The predicted molar refractivity (Wildman–Crippen MR) is 81.0 cm³/mol. The molecule has 0 radical (unpaired) electrons. The van der Waals surface area contributed by atoms with Gasteiger partial charge >= 0.3 is 5.97 Å². The number of aliphatic carboxylic acids is 1. The summed E-state index contributed by atoms with van der Waals surface area (Å²) < 4.78 is 13.5. The Morgan fingerprint density at radius 2 is 2.05 bits per heavy atom. The van der Waals surface area contributed by atoms with Crippen molar-refractivity contribution in [1.29, 1.82) is 0 Å². The van der Waals surface area contributed by atoms with Crippen LogP contribution in [-0.2, 0) is 15.0 Å². The van der Waals surface area contributed by atoms with Gasteiger partial charge in [-0.05, 0) is 42.9 Å². The van der Waals surface area contributed by atoms with E-state index < -0.39 is 17.4 Å². The van der Waals surface area contributed by atoms with Crippen LogP contribution in [0.5, 0.6) is 0 Å². The third kappa shape index (κ3) is 3.29. The average molecular weight is 307 g/mol. The van der Waals surface area contributed by atoms with E-state index in [1.54, 1.807) is 12.1 Å². The number of carbonyl (C=O) groups excluding carboxylic acids is 1. The Balaban J connectivity index is 2.20. The summed E-state index contributed by atoms with van der Waals surface area (Å²) in [5.74, 6) is -1.56. The first-order chi connectivity index (χ1) is 10.3. The highest BCUT2D eigenvalue weighted by atomic mass is 19.1. The van der Waals surface area contributed by atoms with Crippen molar-refractivity contribution in [2.24, 2.45) is 5.92 Å². The standard InChI is InChI=1S/C17H22FNO3/c1-11(2)9-14(15(20)21)19-16(22)17(7-4-8-17)12-5-3-6-13(18)10-12/h3,5-6,10-11,14H,4,7-9H2,1-2H3,(H,19,22)(H,20,21)/t14-/m1/s1. The fourth-order valence-electron chi connectivity index (χ4n) is 2.95. The summed E-state index contributed by atoms with van der Waals surface area (Å²) in [4.78, 5) is 24.0. The normalized spacial score (nSPS) is 17.6. The quantitative estimate of drug-likeness (QED) is 0.849. The summed E-state index contributed by atoms with van der Waals surface area (Å²) in [6, 6.07) is 5.13. The van der Waals surface area contributed by atoms with Gasteiger partial charge in [0.25, 0.3) is 0 Å². The van der Waals surface area contributed by atoms with Crippen LogP contribution in [0.15, 0.2) is 24.3 Å². The highest BCUT2D eigenvalue weighted by molar-refractivity contribution is 5.92. The maximum absolute atomic E-state index is 13.5. The Kier molecular flexibility index (Phi) is 4.84. The summed E-state index contributed by atoms with van der Waals surface area (Å²) in [5, 5.41) is 11.9. The molecule has 0 heterocycles. The molecule has 1 aliphatic carbocycles. The zero-order valence-corrected chi connectivity index (χ0v) is 12.9. The summed E-state index contributed by atoms with van der Waals surface area (Å²) in [6.07, 6.45) is 2.50. The lowest BCUT2D eigenvalue weighted by Crippen LogP contribution is -2.54. The topological polar surface area (TPSA) is 66.4 Å². The van der Waals surface area contributed by atoms with Crippen molar-refractivity contribution in [2.75, 3.05) is 0 Å². The molecule has 2 rings (SSSR count). The third-order valence-corrected chi connectivity index (χ3v) is 4.33. The summed E-state index contributed by atoms with van der Waals surface area (Å²) in [5.41, 5.74) is -0.155. The SMILES string of the molecule is CC(C)C[C@@H](NC(=O)C1(c2cccc(F)c2)CCC1)C(=O)O. The number of amides is 1. The molecule has 120 valence electrons. The van der Waals surface area contributed by atoms with Gasteiger partial charge in [-0.2, -0.15) is 0 Å². The molecule has 0 saturated heterocycles. The molecule has 1 aromatic rings. The lowest BCUT2D eigenvalue weighted by Gasteiger charge is -2.41. The van der Waals surface area contributed by atoms with Gasteiger partial charge in [0, 0.05) is 0 Å². The summed E-state index contributed by atoms with van der Waals surface area (Å²) >= 11 is 0. The number of halogens is 1. The maximum atomic E-state index is 13.5. The molecule has 1 saturated carbocycles. The molecule has 0 aromatic heterocycles. The monoisotopic (exact) mass is 307 g/mol. The fraction of sp³-hybridized carbons (Fsp3) is 0.529. The van der Waals surface area contributed by atoms with E-state index in [1.807, 2.05) is 13.8 Å². The first-order valence-electron chi connectivity index (χ1n) is 7.65. The second-order valence-electron chi connectivity index (χ2n) is 6.44.